The van der Waals surface area contributed by atoms with Gasteiger partial charge in [0.15, 0.2) is 0 Å². The number of sulfone groups is 1. The van der Waals surface area contributed by atoms with Crippen LogP contribution in [-0.4, -0.2) is 47.0 Å². The minimum atomic E-state index is -2.93. The minimum absolute atomic E-state index is 0.0578. The van der Waals surface area contributed by atoms with Crippen LogP contribution in [0.5, 0.6) is 0 Å². The predicted molar refractivity (Wildman–Crippen MR) is 70.9 cm³/mol. The molecule has 1 atom stereocenters. The summed E-state index contributed by atoms with van der Waals surface area (Å²) in [7, 11) is -0.960. The highest BCUT2D eigenvalue weighted by molar-refractivity contribution is 7.90. The standard InChI is InChI=1S/C12H21N3O2S/c1-10(8-18(3,16)17)15(11-4-5-11)7-12-6-13-9-14(12)2/h6,9-11H,4-5,7-8H2,1-3H3. The molecule has 0 spiro atoms. The van der Waals surface area contributed by atoms with Gasteiger partial charge in [0.1, 0.15) is 9.84 Å². The van der Waals surface area contributed by atoms with Crippen LogP contribution in [0.4, 0.5) is 0 Å². The van der Waals surface area contributed by atoms with E-state index in [-0.39, 0.29) is 11.8 Å². The van der Waals surface area contributed by atoms with Crippen LogP contribution in [-0.2, 0) is 23.4 Å². The van der Waals surface area contributed by atoms with E-state index in [2.05, 4.69) is 9.88 Å². The first-order chi connectivity index (χ1) is 8.37. The van der Waals surface area contributed by atoms with E-state index in [1.807, 2.05) is 24.7 Å². The van der Waals surface area contributed by atoms with Crippen LogP contribution in [0.1, 0.15) is 25.5 Å². The van der Waals surface area contributed by atoms with Crippen LogP contribution in [0.15, 0.2) is 12.5 Å². The summed E-state index contributed by atoms with van der Waals surface area (Å²) >= 11 is 0. The van der Waals surface area contributed by atoms with Crippen LogP contribution in [0, 0.1) is 0 Å². The Bertz CT molecular complexity index is 505. The Morgan fingerprint density at radius 3 is 2.67 bits per heavy atom. The van der Waals surface area contributed by atoms with Crippen molar-refractivity contribution in [1.29, 1.82) is 0 Å². The number of imidazole rings is 1. The van der Waals surface area contributed by atoms with Crippen LogP contribution in [0.2, 0.25) is 0 Å². The maximum absolute atomic E-state index is 11.4. The molecule has 0 aromatic carbocycles. The van der Waals surface area contributed by atoms with E-state index in [1.54, 1.807) is 6.33 Å². The number of nitrogens with zero attached hydrogens (tertiary/aromatic N) is 3. The molecule has 1 aromatic heterocycles. The summed E-state index contributed by atoms with van der Waals surface area (Å²) in [6.45, 7) is 2.77. The lowest BCUT2D eigenvalue weighted by molar-refractivity contribution is 0.199. The second kappa shape index (κ2) is 5.01. The third kappa shape index (κ3) is 3.55. The highest BCUT2D eigenvalue weighted by atomic mass is 32.2. The van der Waals surface area contributed by atoms with Gasteiger partial charge >= 0.3 is 0 Å². The summed E-state index contributed by atoms with van der Waals surface area (Å²) in [6, 6.07) is 0.596. The van der Waals surface area contributed by atoms with E-state index in [0.29, 0.717) is 6.04 Å². The van der Waals surface area contributed by atoms with Crippen molar-refractivity contribution in [2.45, 2.75) is 38.4 Å². The van der Waals surface area contributed by atoms with Crippen molar-refractivity contribution < 1.29 is 8.42 Å². The molecule has 6 heteroatoms. The fourth-order valence-corrected chi connectivity index (χ4v) is 3.38. The highest BCUT2D eigenvalue weighted by Crippen LogP contribution is 2.30. The Hall–Kier alpha value is -0.880. The summed E-state index contributed by atoms with van der Waals surface area (Å²) in [4.78, 5) is 6.40. The molecule has 1 unspecified atom stereocenters. The molecule has 5 nitrogen and oxygen atoms in total. The molecule has 1 aliphatic carbocycles. The summed E-state index contributed by atoms with van der Waals surface area (Å²) in [5.41, 5.74) is 1.13. The van der Waals surface area contributed by atoms with Gasteiger partial charge in [0.2, 0.25) is 0 Å². The van der Waals surface area contributed by atoms with Gasteiger partial charge in [-0.25, -0.2) is 13.4 Å². The van der Waals surface area contributed by atoms with Gasteiger partial charge < -0.3 is 4.57 Å². The average molecular weight is 271 g/mol. The Kier molecular flexibility index (Phi) is 3.77. The fourth-order valence-electron chi connectivity index (χ4n) is 2.31. The number of hydrogen-bond donors (Lipinski definition) is 0. The Labute approximate surface area is 109 Å². The average Bonchev–Trinajstić information content (AvgIpc) is 2.97. The second-order valence-corrected chi connectivity index (χ2v) is 7.53. The largest absolute Gasteiger partial charge is 0.337 e. The van der Waals surface area contributed by atoms with Gasteiger partial charge in [-0.05, 0) is 19.8 Å². The first kappa shape index (κ1) is 13.5. The summed E-state index contributed by atoms with van der Waals surface area (Å²) < 4.78 is 24.8. The predicted octanol–water partition coefficient (Wildman–Crippen LogP) is 0.818. The van der Waals surface area contributed by atoms with Crippen molar-refractivity contribution in [3.8, 4) is 0 Å². The summed E-state index contributed by atoms with van der Waals surface area (Å²) in [5.74, 6) is 0.224. The van der Waals surface area contributed by atoms with Crippen molar-refractivity contribution in [3.63, 3.8) is 0 Å². The van der Waals surface area contributed by atoms with E-state index in [1.165, 1.54) is 19.1 Å². The molecule has 1 aromatic rings. The van der Waals surface area contributed by atoms with Gasteiger partial charge in [-0.2, -0.15) is 0 Å². The van der Waals surface area contributed by atoms with Gasteiger partial charge in [0.25, 0.3) is 0 Å². The van der Waals surface area contributed by atoms with Crippen LogP contribution in [0.3, 0.4) is 0 Å². The molecule has 102 valence electrons. The summed E-state index contributed by atoms with van der Waals surface area (Å²) in [5, 5.41) is 0. The molecule has 0 bridgehead atoms. The lowest BCUT2D eigenvalue weighted by Crippen LogP contribution is -2.39. The van der Waals surface area contributed by atoms with Gasteiger partial charge in [-0.3, -0.25) is 4.90 Å². The van der Waals surface area contributed by atoms with E-state index < -0.39 is 9.84 Å². The second-order valence-electron chi connectivity index (χ2n) is 5.34. The van der Waals surface area contributed by atoms with E-state index in [0.717, 1.165) is 12.2 Å². The molecule has 1 fully saturated rings. The maximum Gasteiger partial charge on any atom is 0.148 e. The van der Waals surface area contributed by atoms with Crippen molar-refractivity contribution in [2.24, 2.45) is 7.05 Å². The normalized spacial score (nSPS) is 18.2. The van der Waals surface area contributed by atoms with Crippen molar-refractivity contribution in [1.82, 2.24) is 14.5 Å². The zero-order valence-electron chi connectivity index (χ0n) is 11.2. The Balaban J connectivity index is 2.07. The molecule has 1 saturated carbocycles. The molecule has 0 aliphatic heterocycles. The minimum Gasteiger partial charge on any atom is -0.337 e. The molecule has 0 N–H and O–H groups in total. The number of aromatic nitrogens is 2. The fraction of sp³-hybridized carbons (Fsp3) is 0.750. The highest BCUT2D eigenvalue weighted by Gasteiger charge is 2.33. The molecule has 0 amide bonds. The van der Waals surface area contributed by atoms with Gasteiger partial charge in [-0.1, -0.05) is 0 Å². The van der Waals surface area contributed by atoms with Crippen molar-refractivity contribution in [2.75, 3.05) is 12.0 Å². The number of aryl methyl sites for hydroxylation is 1. The Morgan fingerprint density at radius 1 is 1.56 bits per heavy atom. The van der Waals surface area contributed by atoms with Crippen molar-refractivity contribution >= 4 is 9.84 Å². The van der Waals surface area contributed by atoms with E-state index in [4.69, 9.17) is 0 Å². The third-order valence-corrected chi connectivity index (χ3v) is 4.47. The summed E-state index contributed by atoms with van der Waals surface area (Å²) in [6.07, 6.45) is 7.28. The topological polar surface area (TPSA) is 55.2 Å². The maximum atomic E-state index is 11.4. The van der Waals surface area contributed by atoms with E-state index in [9.17, 15) is 8.42 Å². The smallest absolute Gasteiger partial charge is 0.148 e. The number of rotatable bonds is 6. The molecular formula is C12H21N3O2S. The third-order valence-electron chi connectivity index (χ3n) is 3.39. The lowest BCUT2D eigenvalue weighted by Gasteiger charge is -2.28. The first-order valence-corrected chi connectivity index (χ1v) is 8.31. The molecule has 1 aliphatic rings. The quantitative estimate of drug-likeness (QED) is 0.768. The van der Waals surface area contributed by atoms with Crippen LogP contribution >= 0.6 is 0 Å². The van der Waals surface area contributed by atoms with E-state index >= 15 is 0 Å². The zero-order chi connectivity index (χ0) is 13.3. The first-order valence-electron chi connectivity index (χ1n) is 6.25. The van der Waals surface area contributed by atoms with Gasteiger partial charge in [-0.15, -0.1) is 0 Å². The van der Waals surface area contributed by atoms with Crippen LogP contribution in [0.25, 0.3) is 0 Å². The molecule has 2 rings (SSSR count). The molecule has 18 heavy (non-hydrogen) atoms. The molecule has 0 radical (unpaired) electrons. The molecule has 0 saturated heterocycles. The number of hydrogen-bond acceptors (Lipinski definition) is 4. The van der Waals surface area contributed by atoms with Crippen molar-refractivity contribution in [3.05, 3.63) is 18.2 Å². The lowest BCUT2D eigenvalue weighted by atomic mass is 10.3. The van der Waals surface area contributed by atoms with Gasteiger partial charge in [0, 0.05) is 38.1 Å². The molecular weight excluding hydrogens is 250 g/mol. The molecule has 1 heterocycles. The van der Waals surface area contributed by atoms with Crippen LogP contribution < -0.4 is 0 Å². The Morgan fingerprint density at radius 2 is 2.22 bits per heavy atom. The SMILES string of the molecule is CC(CS(C)(=O)=O)N(Cc1cncn1C)C1CC1. The zero-order valence-corrected chi connectivity index (χ0v) is 12.0. The van der Waals surface area contributed by atoms with Gasteiger partial charge in [0.05, 0.1) is 17.8 Å². The monoisotopic (exact) mass is 271 g/mol.